The minimum atomic E-state index is -2.84. The fourth-order valence-corrected chi connectivity index (χ4v) is 4.73. The summed E-state index contributed by atoms with van der Waals surface area (Å²) < 4.78 is 36.7. The summed E-state index contributed by atoms with van der Waals surface area (Å²) in [7, 11) is -2.84. The molecule has 2 aliphatic heterocycles. The third kappa shape index (κ3) is 2.78. The van der Waals surface area contributed by atoms with Gasteiger partial charge in [-0.15, -0.1) is 0 Å². The Bertz CT molecular complexity index is 585. The van der Waals surface area contributed by atoms with Crippen LogP contribution in [0.4, 0.5) is 10.2 Å². The lowest BCUT2D eigenvalue weighted by molar-refractivity contribution is 0.200. The van der Waals surface area contributed by atoms with E-state index in [1.54, 1.807) is 12.3 Å². The van der Waals surface area contributed by atoms with Gasteiger partial charge in [-0.25, -0.2) is 17.8 Å². The van der Waals surface area contributed by atoms with E-state index >= 15 is 0 Å². The van der Waals surface area contributed by atoms with Gasteiger partial charge in [0.25, 0.3) is 0 Å². The van der Waals surface area contributed by atoms with Gasteiger partial charge < -0.3 is 4.90 Å². The Labute approximate surface area is 118 Å². The van der Waals surface area contributed by atoms with Gasteiger partial charge in [-0.05, 0) is 18.6 Å². The fraction of sp³-hybridized carbons (Fsp3) is 0.615. The van der Waals surface area contributed by atoms with E-state index in [1.807, 2.05) is 4.90 Å². The summed E-state index contributed by atoms with van der Waals surface area (Å²) in [4.78, 5) is 8.22. The number of aromatic nitrogens is 1. The zero-order valence-electron chi connectivity index (χ0n) is 11.2. The SMILES string of the molecule is O=S1(=O)CCC(N2CCN(c3ncccc3F)CC2)C1. The molecule has 2 fully saturated rings. The highest BCUT2D eigenvalue weighted by molar-refractivity contribution is 7.91. The first-order valence-electron chi connectivity index (χ1n) is 6.85. The van der Waals surface area contributed by atoms with E-state index in [1.165, 1.54) is 6.07 Å². The van der Waals surface area contributed by atoms with E-state index < -0.39 is 9.84 Å². The molecule has 2 aliphatic rings. The molecular formula is C13H18FN3O2S. The maximum absolute atomic E-state index is 13.7. The van der Waals surface area contributed by atoms with Crippen LogP contribution in [-0.4, -0.2) is 62.0 Å². The largest absolute Gasteiger partial charge is 0.352 e. The monoisotopic (exact) mass is 299 g/mol. The first-order chi connectivity index (χ1) is 9.55. The summed E-state index contributed by atoms with van der Waals surface area (Å²) in [6.07, 6.45) is 2.31. The molecule has 1 atom stereocenters. The van der Waals surface area contributed by atoms with Crippen LogP contribution in [0, 0.1) is 5.82 Å². The van der Waals surface area contributed by atoms with Crippen molar-refractivity contribution in [1.29, 1.82) is 0 Å². The van der Waals surface area contributed by atoms with Crippen molar-refractivity contribution in [3.05, 3.63) is 24.1 Å². The van der Waals surface area contributed by atoms with E-state index in [9.17, 15) is 12.8 Å². The molecule has 0 aromatic carbocycles. The van der Waals surface area contributed by atoms with Gasteiger partial charge in [0.2, 0.25) is 0 Å². The van der Waals surface area contributed by atoms with Crippen molar-refractivity contribution in [2.24, 2.45) is 0 Å². The normalized spacial score (nSPS) is 26.9. The van der Waals surface area contributed by atoms with Crippen LogP contribution in [0.5, 0.6) is 0 Å². The highest BCUT2D eigenvalue weighted by Gasteiger charge is 2.34. The van der Waals surface area contributed by atoms with Crippen LogP contribution in [0.25, 0.3) is 0 Å². The molecule has 1 aromatic rings. The molecule has 0 spiro atoms. The number of piperazine rings is 1. The lowest BCUT2D eigenvalue weighted by atomic mass is 10.2. The average molecular weight is 299 g/mol. The molecule has 1 unspecified atom stereocenters. The molecule has 0 aliphatic carbocycles. The van der Waals surface area contributed by atoms with Crippen molar-refractivity contribution < 1.29 is 12.8 Å². The van der Waals surface area contributed by atoms with Crippen molar-refractivity contribution in [3.8, 4) is 0 Å². The van der Waals surface area contributed by atoms with Gasteiger partial charge in [-0.2, -0.15) is 0 Å². The van der Waals surface area contributed by atoms with Gasteiger partial charge >= 0.3 is 0 Å². The second kappa shape index (κ2) is 5.29. The van der Waals surface area contributed by atoms with Gasteiger partial charge in [-0.1, -0.05) is 0 Å². The second-order valence-corrected chi connectivity index (χ2v) is 7.62. The fourth-order valence-electron chi connectivity index (χ4n) is 2.97. The molecule has 1 aromatic heterocycles. The Hall–Kier alpha value is -1.21. The summed E-state index contributed by atoms with van der Waals surface area (Å²) in [6.45, 7) is 2.89. The van der Waals surface area contributed by atoms with E-state index in [-0.39, 0.29) is 17.6 Å². The molecule has 20 heavy (non-hydrogen) atoms. The molecule has 5 nitrogen and oxygen atoms in total. The van der Waals surface area contributed by atoms with E-state index in [0.29, 0.717) is 24.7 Å². The summed E-state index contributed by atoms with van der Waals surface area (Å²) in [5, 5.41) is 0. The van der Waals surface area contributed by atoms with Crippen LogP contribution in [-0.2, 0) is 9.84 Å². The van der Waals surface area contributed by atoms with Gasteiger partial charge in [-0.3, -0.25) is 4.90 Å². The molecule has 7 heteroatoms. The molecule has 0 saturated carbocycles. The van der Waals surface area contributed by atoms with Crippen molar-refractivity contribution in [1.82, 2.24) is 9.88 Å². The van der Waals surface area contributed by atoms with Crippen molar-refractivity contribution in [3.63, 3.8) is 0 Å². The molecule has 0 bridgehead atoms. The maximum atomic E-state index is 13.7. The minimum Gasteiger partial charge on any atom is -0.352 e. The van der Waals surface area contributed by atoms with E-state index in [2.05, 4.69) is 9.88 Å². The highest BCUT2D eigenvalue weighted by atomic mass is 32.2. The molecule has 110 valence electrons. The van der Waals surface area contributed by atoms with Gasteiger partial charge in [0, 0.05) is 38.4 Å². The molecule has 2 saturated heterocycles. The summed E-state index contributed by atoms with van der Waals surface area (Å²) in [5.41, 5.74) is 0. The summed E-state index contributed by atoms with van der Waals surface area (Å²) in [5.74, 6) is 0.660. The van der Waals surface area contributed by atoms with Crippen molar-refractivity contribution >= 4 is 15.7 Å². The third-order valence-corrected chi connectivity index (χ3v) is 5.83. The zero-order chi connectivity index (χ0) is 14.2. The number of halogens is 1. The topological polar surface area (TPSA) is 53.5 Å². The van der Waals surface area contributed by atoms with E-state index in [4.69, 9.17) is 0 Å². The molecular weight excluding hydrogens is 281 g/mol. The first kappa shape index (κ1) is 13.8. The first-order valence-corrected chi connectivity index (χ1v) is 8.67. The molecule has 0 amide bonds. The van der Waals surface area contributed by atoms with Crippen LogP contribution >= 0.6 is 0 Å². The molecule has 3 rings (SSSR count). The summed E-state index contributed by atoms with van der Waals surface area (Å²) in [6, 6.07) is 3.13. The third-order valence-electron chi connectivity index (χ3n) is 4.08. The van der Waals surface area contributed by atoms with Crippen molar-refractivity contribution in [2.75, 3.05) is 42.6 Å². The predicted octanol–water partition coefficient (Wildman–Crippen LogP) is 0.530. The number of sulfone groups is 1. The van der Waals surface area contributed by atoms with Crippen LogP contribution in [0.15, 0.2) is 18.3 Å². The van der Waals surface area contributed by atoms with Crippen LogP contribution in [0.3, 0.4) is 0 Å². The van der Waals surface area contributed by atoms with Crippen LogP contribution in [0.1, 0.15) is 6.42 Å². The lowest BCUT2D eigenvalue weighted by Crippen LogP contribution is -2.51. The number of hydrogen-bond donors (Lipinski definition) is 0. The van der Waals surface area contributed by atoms with Gasteiger partial charge in [0.05, 0.1) is 11.5 Å². The molecule has 3 heterocycles. The Morgan fingerprint density at radius 1 is 1.25 bits per heavy atom. The maximum Gasteiger partial charge on any atom is 0.165 e. The smallest absolute Gasteiger partial charge is 0.165 e. The number of nitrogens with zero attached hydrogens (tertiary/aromatic N) is 3. The lowest BCUT2D eigenvalue weighted by Gasteiger charge is -2.38. The Morgan fingerprint density at radius 3 is 2.60 bits per heavy atom. The van der Waals surface area contributed by atoms with Crippen LogP contribution < -0.4 is 4.90 Å². The highest BCUT2D eigenvalue weighted by Crippen LogP contribution is 2.22. The zero-order valence-corrected chi connectivity index (χ0v) is 12.0. The Morgan fingerprint density at radius 2 is 2.00 bits per heavy atom. The standard InChI is InChI=1S/C13H18FN3O2S/c14-12-2-1-4-15-13(12)17-7-5-16(6-8-17)11-3-9-20(18,19)10-11/h1-2,4,11H,3,5-10H2. The van der Waals surface area contributed by atoms with E-state index in [0.717, 1.165) is 19.5 Å². The quantitative estimate of drug-likeness (QED) is 0.797. The average Bonchev–Trinajstić information content (AvgIpc) is 2.80. The Kier molecular flexibility index (Phi) is 3.64. The Balaban J connectivity index is 1.62. The minimum absolute atomic E-state index is 0.135. The molecule has 0 radical (unpaired) electrons. The predicted molar refractivity (Wildman–Crippen MR) is 75.0 cm³/mol. The molecule has 0 N–H and O–H groups in total. The number of pyridine rings is 1. The number of hydrogen-bond acceptors (Lipinski definition) is 5. The van der Waals surface area contributed by atoms with Crippen molar-refractivity contribution in [2.45, 2.75) is 12.5 Å². The number of anilines is 1. The van der Waals surface area contributed by atoms with Crippen LogP contribution in [0.2, 0.25) is 0 Å². The second-order valence-electron chi connectivity index (χ2n) is 5.39. The number of rotatable bonds is 2. The van der Waals surface area contributed by atoms with Gasteiger partial charge in [0.1, 0.15) is 0 Å². The summed E-state index contributed by atoms with van der Waals surface area (Å²) >= 11 is 0. The van der Waals surface area contributed by atoms with Gasteiger partial charge in [0.15, 0.2) is 21.5 Å².